The second-order valence-corrected chi connectivity index (χ2v) is 4.57. The minimum atomic E-state index is -0.795. The number of phenolic OH excluding ortho intramolecular Hbond substituents is 1. The molecule has 0 radical (unpaired) electrons. The summed E-state index contributed by atoms with van der Waals surface area (Å²) in [5.41, 5.74) is 0.928. The monoisotopic (exact) mass is 267 g/mol. The van der Waals surface area contributed by atoms with Gasteiger partial charge in [-0.2, -0.15) is 0 Å². The standard InChI is InChI=1S/C14H21NO4/c1-4-15(8-10(2)14(17)18)9-11-5-6-13(19-3)12(16)7-11/h5-7,10,16H,4,8-9H2,1-3H3,(H,17,18). The number of carboxylic acids is 1. The molecule has 1 aromatic rings. The van der Waals surface area contributed by atoms with E-state index in [0.29, 0.717) is 18.8 Å². The molecule has 0 aliphatic carbocycles. The normalized spacial score (nSPS) is 12.4. The molecule has 0 amide bonds. The minimum Gasteiger partial charge on any atom is -0.504 e. The molecule has 5 heteroatoms. The molecule has 0 saturated heterocycles. The number of ether oxygens (including phenoxy) is 1. The Morgan fingerprint density at radius 3 is 2.63 bits per heavy atom. The molecule has 0 heterocycles. The molecular weight excluding hydrogens is 246 g/mol. The Bertz CT molecular complexity index is 433. The van der Waals surface area contributed by atoms with Crippen LogP contribution in [0.4, 0.5) is 0 Å². The molecule has 106 valence electrons. The summed E-state index contributed by atoms with van der Waals surface area (Å²) in [6.07, 6.45) is 0. The highest BCUT2D eigenvalue weighted by Crippen LogP contribution is 2.26. The third kappa shape index (κ3) is 4.44. The van der Waals surface area contributed by atoms with Gasteiger partial charge in [-0.1, -0.05) is 19.9 Å². The van der Waals surface area contributed by atoms with Gasteiger partial charge < -0.3 is 14.9 Å². The Kier molecular flexibility index (Phi) is 5.63. The highest BCUT2D eigenvalue weighted by Gasteiger charge is 2.15. The van der Waals surface area contributed by atoms with Crippen LogP contribution in [0.5, 0.6) is 11.5 Å². The number of hydrogen-bond acceptors (Lipinski definition) is 4. The molecule has 1 atom stereocenters. The molecule has 0 aliphatic heterocycles. The van der Waals surface area contributed by atoms with Crippen molar-refractivity contribution in [2.45, 2.75) is 20.4 Å². The predicted molar refractivity (Wildman–Crippen MR) is 72.4 cm³/mol. The van der Waals surface area contributed by atoms with Gasteiger partial charge in [-0.25, -0.2) is 0 Å². The van der Waals surface area contributed by atoms with Gasteiger partial charge in [-0.15, -0.1) is 0 Å². The number of benzene rings is 1. The zero-order valence-electron chi connectivity index (χ0n) is 11.6. The Balaban J connectivity index is 2.70. The van der Waals surface area contributed by atoms with Gasteiger partial charge in [-0.05, 0) is 24.2 Å². The van der Waals surface area contributed by atoms with Crippen LogP contribution in [-0.2, 0) is 11.3 Å². The largest absolute Gasteiger partial charge is 0.504 e. The van der Waals surface area contributed by atoms with Crippen molar-refractivity contribution in [2.75, 3.05) is 20.2 Å². The summed E-state index contributed by atoms with van der Waals surface area (Å²) < 4.78 is 4.99. The van der Waals surface area contributed by atoms with Gasteiger partial charge >= 0.3 is 5.97 Å². The smallest absolute Gasteiger partial charge is 0.307 e. The molecule has 0 saturated carbocycles. The van der Waals surface area contributed by atoms with Crippen molar-refractivity contribution in [3.8, 4) is 11.5 Å². The zero-order chi connectivity index (χ0) is 14.4. The van der Waals surface area contributed by atoms with Crippen molar-refractivity contribution in [3.05, 3.63) is 23.8 Å². The summed E-state index contributed by atoms with van der Waals surface area (Å²) in [6, 6.07) is 5.22. The first-order valence-electron chi connectivity index (χ1n) is 6.29. The number of hydrogen-bond donors (Lipinski definition) is 2. The van der Waals surface area contributed by atoms with E-state index >= 15 is 0 Å². The van der Waals surface area contributed by atoms with Crippen LogP contribution in [-0.4, -0.2) is 41.3 Å². The molecule has 0 aliphatic rings. The second-order valence-electron chi connectivity index (χ2n) is 4.57. The van der Waals surface area contributed by atoms with E-state index in [-0.39, 0.29) is 5.75 Å². The van der Waals surface area contributed by atoms with Crippen LogP contribution < -0.4 is 4.74 Å². The number of methoxy groups -OCH3 is 1. The number of carboxylic acid groups (broad SMARTS) is 1. The summed E-state index contributed by atoms with van der Waals surface area (Å²) in [5.74, 6) is -0.670. The fraction of sp³-hybridized carbons (Fsp3) is 0.500. The van der Waals surface area contributed by atoms with Crippen LogP contribution >= 0.6 is 0 Å². The van der Waals surface area contributed by atoms with Crippen LogP contribution in [0.3, 0.4) is 0 Å². The number of carbonyl (C=O) groups is 1. The van der Waals surface area contributed by atoms with Crippen molar-refractivity contribution < 1.29 is 19.7 Å². The lowest BCUT2D eigenvalue weighted by atomic mass is 10.1. The van der Waals surface area contributed by atoms with Crippen LogP contribution in [0.2, 0.25) is 0 Å². The summed E-state index contributed by atoms with van der Waals surface area (Å²) in [6.45, 7) is 5.52. The van der Waals surface area contributed by atoms with Crippen LogP contribution in [0.25, 0.3) is 0 Å². The van der Waals surface area contributed by atoms with Crippen molar-refractivity contribution >= 4 is 5.97 Å². The summed E-state index contributed by atoms with van der Waals surface area (Å²) in [4.78, 5) is 12.9. The number of aliphatic carboxylic acids is 1. The number of nitrogens with zero attached hydrogens (tertiary/aromatic N) is 1. The molecule has 19 heavy (non-hydrogen) atoms. The van der Waals surface area contributed by atoms with Gasteiger partial charge in [0.15, 0.2) is 11.5 Å². The van der Waals surface area contributed by atoms with Gasteiger partial charge in [0.2, 0.25) is 0 Å². The fourth-order valence-electron chi connectivity index (χ4n) is 1.86. The molecular formula is C14H21NO4. The quantitative estimate of drug-likeness (QED) is 0.790. The molecule has 0 bridgehead atoms. The topological polar surface area (TPSA) is 70.0 Å². The lowest BCUT2D eigenvalue weighted by Gasteiger charge is -2.22. The van der Waals surface area contributed by atoms with Crippen molar-refractivity contribution in [1.29, 1.82) is 0 Å². The van der Waals surface area contributed by atoms with Crippen LogP contribution in [0.1, 0.15) is 19.4 Å². The fourth-order valence-corrected chi connectivity index (χ4v) is 1.86. The van der Waals surface area contributed by atoms with E-state index in [1.54, 1.807) is 19.1 Å². The lowest BCUT2D eigenvalue weighted by Crippen LogP contribution is -2.31. The average Bonchev–Trinajstić information content (AvgIpc) is 2.37. The maximum Gasteiger partial charge on any atom is 0.307 e. The van der Waals surface area contributed by atoms with E-state index < -0.39 is 11.9 Å². The van der Waals surface area contributed by atoms with Gasteiger partial charge in [-0.3, -0.25) is 9.69 Å². The SMILES string of the molecule is CCN(Cc1ccc(OC)c(O)c1)CC(C)C(=O)O. The summed E-state index contributed by atoms with van der Waals surface area (Å²) in [5, 5.41) is 18.6. The predicted octanol–water partition coefficient (Wildman–Crippen LogP) is 1.94. The average molecular weight is 267 g/mol. The van der Waals surface area contributed by atoms with E-state index in [4.69, 9.17) is 9.84 Å². The van der Waals surface area contributed by atoms with Crippen molar-refractivity contribution in [1.82, 2.24) is 4.90 Å². The van der Waals surface area contributed by atoms with Gasteiger partial charge in [0.05, 0.1) is 13.0 Å². The van der Waals surface area contributed by atoms with E-state index in [1.165, 1.54) is 7.11 Å². The molecule has 5 nitrogen and oxygen atoms in total. The second kappa shape index (κ2) is 6.99. The molecule has 1 rings (SSSR count). The Morgan fingerprint density at radius 1 is 1.47 bits per heavy atom. The van der Waals surface area contributed by atoms with Gasteiger partial charge in [0.25, 0.3) is 0 Å². The lowest BCUT2D eigenvalue weighted by molar-refractivity contribution is -0.141. The molecule has 0 fully saturated rings. The Hall–Kier alpha value is -1.75. The maximum absolute atomic E-state index is 10.9. The summed E-state index contributed by atoms with van der Waals surface area (Å²) >= 11 is 0. The molecule has 1 unspecified atom stereocenters. The van der Waals surface area contributed by atoms with Crippen molar-refractivity contribution in [3.63, 3.8) is 0 Å². The highest BCUT2D eigenvalue weighted by atomic mass is 16.5. The Morgan fingerprint density at radius 2 is 2.16 bits per heavy atom. The molecule has 1 aromatic carbocycles. The zero-order valence-corrected chi connectivity index (χ0v) is 11.6. The van der Waals surface area contributed by atoms with Gasteiger partial charge in [0, 0.05) is 13.1 Å². The van der Waals surface area contributed by atoms with E-state index in [1.807, 2.05) is 17.9 Å². The number of phenols is 1. The molecule has 0 spiro atoms. The van der Waals surface area contributed by atoms with Gasteiger partial charge in [0.1, 0.15) is 0 Å². The number of aromatic hydroxyl groups is 1. The third-order valence-corrected chi connectivity index (χ3v) is 3.05. The first-order chi connectivity index (χ1) is 8.97. The third-order valence-electron chi connectivity index (χ3n) is 3.05. The Labute approximate surface area is 113 Å². The van der Waals surface area contributed by atoms with Crippen LogP contribution in [0, 0.1) is 5.92 Å². The van der Waals surface area contributed by atoms with Crippen molar-refractivity contribution in [2.24, 2.45) is 5.92 Å². The van der Waals surface area contributed by atoms with E-state index in [0.717, 1.165) is 12.1 Å². The molecule has 2 N–H and O–H groups in total. The summed E-state index contributed by atoms with van der Waals surface area (Å²) in [7, 11) is 1.50. The minimum absolute atomic E-state index is 0.0994. The molecule has 0 aromatic heterocycles. The van der Waals surface area contributed by atoms with E-state index in [9.17, 15) is 9.90 Å². The van der Waals surface area contributed by atoms with Crippen LogP contribution in [0.15, 0.2) is 18.2 Å². The number of rotatable bonds is 7. The first-order valence-corrected chi connectivity index (χ1v) is 6.29. The first kappa shape index (κ1) is 15.3. The highest BCUT2D eigenvalue weighted by molar-refractivity contribution is 5.69. The van der Waals surface area contributed by atoms with E-state index in [2.05, 4.69) is 0 Å². The maximum atomic E-state index is 10.9.